The second kappa shape index (κ2) is 9.00. The van der Waals surface area contributed by atoms with Gasteiger partial charge in [0.25, 0.3) is 5.91 Å². The average molecular weight is 383 g/mol. The van der Waals surface area contributed by atoms with Crippen molar-refractivity contribution in [1.29, 1.82) is 0 Å². The van der Waals surface area contributed by atoms with Gasteiger partial charge in [-0.05, 0) is 49.6 Å². The monoisotopic (exact) mass is 382 g/mol. The van der Waals surface area contributed by atoms with Crippen LogP contribution in [-0.2, 0) is 4.79 Å². The van der Waals surface area contributed by atoms with Gasteiger partial charge in [0.05, 0.1) is 7.11 Å². The lowest BCUT2D eigenvalue weighted by Gasteiger charge is -2.38. The van der Waals surface area contributed by atoms with Gasteiger partial charge in [0, 0.05) is 31.9 Å². The van der Waals surface area contributed by atoms with Crippen LogP contribution in [0.5, 0.6) is 11.5 Å². The first-order valence-electron chi connectivity index (χ1n) is 9.94. The summed E-state index contributed by atoms with van der Waals surface area (Å²) in [5, 5.41) is 0. The number of ether oxygens (including phenoxy) is 2. The van der Waals surface area contributed by atoms with Crippen LogP contribution in [0.3, 0.4) is 0 Å². The molecule has 1 atom stereocenters. The Labute approximate surface area is 167 Å². The topological polar surface area (TPSA) is 42.0 Å². The van der Waals surface area contributed by atoms with Crippen molar-refractivity contribution >= 4 is 11.6 Å². The summed E-state index contributed by atoms with van der Waals surface area (Å²) in [6.45, 7) is 9.36. The molecule has 1 heterocycles. The Kier molecular flexibility index (Phi) is 6.45. The molecule has 0 aromatic heterocycles. The zero-order valence-corrected chi connectivity index (χ0v) is 17.3. The number of methoxy groups -OCH3 is 1. The number of amides is 1. The molecule has 1 aliphatic rings. The highest BCUT2D eigenvalue weighted by Crippen LogP contribution is 2.28. The summed E-state index contributed by atoms with van der Waals surface area (Å²) in [5.74, 6) is 1.31. The Morgan fingerprint density at radius 2 is 1.68 bits per heavy atom. The van der Waals surface area contributed by atoms with Crippen molar-refractivity contribution in [2.45, 2.75) is 33.3 Å². The summed E-state index contributed by atoms with van der Waals surface area (Å²) >= 11 is 0. The molecule has 0 spiro atoms. The summed E-state index contributed by atoms with van der Waals surface area (Å²) in [7, 11) is 1.61. The Hall–Kier alpha value is -2.69. The number of hydrogen-bond acceptors (Lipinski definition) is 4. The zero-order valence-electron chi connectivity index (χ0n) is 17.3. The van der Waals surface area contributed by atoms with E-state index in [4.69, 9.17) is 9.47 Å². The van der Waals surface area contributed by atoms with E-state index in [0.29, 0.717) is 31.0 Å². The Morgan fingerprint density at radius 1 is 1.00 bits per heavy atom. The molecule has 1 unspecified atom stereocenters. The van der Waals surface area contributed by atoms with E-state index >= 15 is 0 Å². The minimum Gasteiger partial charge on any atom is -0.493 e. The van der Waals surface area contributed by atoms with Gasteiger partial charge in [0.15, 0.2) is 17.6 Å². The van der Waals surface area contributed by atoms with Gasteiger partial charge in [-0.25, -0.2) is 0 Å². The van der Waals surface area contributed by atoms with Crippen LogP contribution in [-0.4, -0.2) is 50.2 Å². The first kappa shape index (κ1) is 20.1. The molecule has 0 radical (unpaired) electrons. The van der Waals surface area contributed by atoms with E-state index in [1.165, 1.54) is 16.8 Å². The molecule has 0 aliphatic carbocycles. The largest absolute Gasteiger partial charge is 0.493 e. The second-order valence-electron chi connectivity index (χ2n) is 7.20. The number of benzene rings is 2. The molecule has 150 valence electrons. The lowest BCUT2D eigenvalue weighted by molar-refractivity contribution is -0.139. The highest BCUT2D eigenvalue weighted by atomic mass is 16.5. The molecule has 1 saturated heterocycles. The van der Waals surface area contributed by atoms with Crippen molar-refractivity contribution in [2.75, 3.05) is 38.2 Å². The highest BCUT2D eigenvalue weighted by molar-refractivity contribution is 5.81. The summed E-state index contributed by atoms with van der Waals surface area (Å²) in [5.41, 5.74) is 3.88. The minimum atomic E-state index is -0.497. The number of aryl methyl sites for hydroxylation is 1. The predicted molar refractivity (Wildman–Crippen MR) is 112 cm³/mol. The molecular weight excluding hydrogens is 352 g/mol. The maximum absolute atomic E-state index is 13.0. The predicted octanol–water partition coefficient (Wildman–Crippen LogP) is 3.82. The van der Waals surface area contributed by atoms with Gasteiger partial charge in [-0.15, -0.1) is 0 Å². The van der Waals surface area contributed by atoms with Crippen molar-refractivity contribution < 1.29 is 14.3 Å². The first-order valence-corrected chi connectivity index (χ1v) is 9.94. The lowest BCUT2D eigenvalue weighted by atomic mass is 10.1. The Morgan fingerprint density at radius 3 is 2.32 bits per heavy atom. The van der Waals surface area contributed by atoms with Crippen LogP contribution < -0.4 is 14.4 Å². The molecule has 5 nitrogen and oxygen atoms in total. The fraction of sp³-hybridized carbons (Fsp3) is 0.435. The molecule has 1 fully saturated rings. The van der Waals surface area contributed by atoms with Gasteiger partial charge in [-0.3, -0.25) is 4.79 Å². The first-order chi connectivity index (χ1) is 13.5. The normalized spacial score (nSPS) is 15.3. The fourth-order valence-corrected chi connectivity index (χ4v) is 3.63. The highest BCUT2D eigenvalue weighted by Gasteiger charge is 2.29. The maximum atomic E-state index is 13.0. The number of carbonyl (C=O) groups excluding carboxylic acids is 1. The molecule has 0 bridgehead atoms. The Balaban J connectivity index is 1.64. The number of hydrogen-bond donors (Lipinski definition) is 0. The third-order valence-corrected chi connectivity index (χ3v) is 5.49. The molecule has 28 heavy (non-hydrogen) atoms. The number of para-hydroxylation sites is 2. The van der Waals surface area contributed by atoms with E-state index in [1.807, 2.05) is 36.1 Å². The number of carbonyl (C=O) groups is 1. The van der Waals surface area contributed by atoms with Crippen LogP contribution in [0.4, 0.5) is 5.69 Å². The van der Waals surface area contributed by atoms with E-state index in [1.54, 1.807) is 7.11 Å². The lowest BCUT2D eigenvalue weighted by Crippen LogP contribution is -2.52. The van der Waals surface area contributed by atoms with Gasteiger partial charge >= 0.3 is 0 Å². The summed E-state index contributed by atoms with van der Waals surface area (Å²) < 4.78 is 11.4. The number of rotatable bonds is 6. The van der Waals surface area contributed by atoms with E-state index in [-0.39, 0.29) is 5.91 Å². The standard InChI is InChI=1S/C23H30N2O3/c1-5-20(28-22-12-7-6-11-21(22)27-4)23(26)25-15-13-24(14-16-25)19-10-8-9-17(2)18(19)3/h6-12,20H,5,13-16H2,1-4H3. The molecule has 1 amide bonds. The number of nitrogens with zero attached hydrogens (tertiary/aromatic N) is 2. The van der Waals surface area contributed by atoms with Gasteiger partial charge in [-0.1, -0.05) is 31.2 Å². The van der Waals surface area contributed by atoms with Crippen LogP contribution >= 0.6 is 0 Å². The van der Waals surface area contributed by atoms with Crippen LogP contribution in [0.25, 0.3) is 0 Å². The van der Waals surface area contributed by atoms with E-state index in [0.717, 1.165) is 13.1 Å². The van der Waals surface area contributed by atoms with E-state index in [2.05, 4.69) is 36.9 Å². The maximum Gasteiger partial charge on any atom is 0.263 e. The smallest absolute Gasteiger partial charge is 0.263 e. The third-order valence-electron chi connectivity index (χ3n) is 5.49. The molecule has 1 aliphatic heterocycles. The van der Waals surface area contributed by atoms with Crippen molar-refractivity contribution in [2.24, 2.45) is 0 Å². The summed E-state index contributed by atoms with van der Waals surface area (Å²) in [4.78, 5) is 17.3. The van der Waals surface area contributed by atoms with Gasteiger partial charge in [-0.2, -0.15) is 0 Å². The quantitative estimate of drug-likeness (QED) is 0.762. The molecule has 0 saturated carbocycles. The fourth-order valence-electron chi connectivity index (χ4n) is 3.63. The third kappa shape index (κ3) is 4.24. The van der Waals surface area contributed by atoms with E-state index in [9.17, 15) is 4.79 Å². The zero-order chi connectivity index (χ0) is 20.1. The van der Waals surface area contributed by atoms with Gasteiger partial charge < -0.3 is 19.3 Å². The van der Waals surface area contributed by atoms with Crippen molar-refractivity contribution in [3.8, 4) is 11.5 Å². The molecular formula is C23H30N2O3. The van der Waals surface area contributed by atoms with Crippen molar-refractivity contribution in [1.82, 2.24) is 4.90 Å². The van der Waals surface area contributed by atoms with Crippen LogP contribution in [0.2, 0.25) is 0 Å². The van der Waals surface area contributed by atoms with Crippen LogP contribution in [0.15, 0.2) is 42.5 Å². The van der Waals surface area contributed by atoms with Crippen LogP contribution in [0, 0.1) is 13.8 Å². The van der Waals surface area contributed by atoms with E-state index < -0.39 is 6.10 Å². The second-order valence-corrected chi connectivity index (χ2v) is 7.20. The Bertz CT molecular complexity index is 813. The van der Waals surface area contributed by atoms with Crippen molar-refractivity contribution in [3.63, 3.8) is 0 Å². The van der Waals surface area contributed by atoms with Crippen LogP contribution in [0.1, 0.15) is 24.5 Å². The van der Waals surface area contributed by atoms with Gasteiger partial charge in [0.2, 0.25) is 0 Å². The average Bonchev–Trinajstić information content (AvgIpc) is 2.74. The summed E-state index contributed by atoms with van der Waals surface area (Å²) in [6, 6.07) is 13.9. The molecule has 0 N–H and O–H groups in total. The number of piperazine rings is 1. The SMILES string of the molecule is CCC(Oc1ccccc1OC)C(=O)N1CCN(c2cccc(C)c2C)CC1. The molecule has 5 heteroatoms. The summed E-state index contributed by atoms with van der Waals surface area (Å²) in [6.07, 6.45) is 0.122. The molecule has 2 aromatic carbocycles. The molecule has 2 aromatic rings. The van der Waals surface area contributed by atoms with Gasteiger partial charge in [0.1, 0.15) is 0 Å². The minimum absolute atomic E-state index is 0.0500. The van der Waals surface area contributed by atoms with Crippen molar-refractivity contribution in [3.05, 3.63) is 53.6 Å². The number of anilines is 1. The molecule has 3 rings (SSSR count).